The zero-order chi connectivity index (χ0) is 28.5. The van der Waals surface area contributed by atoms with Gasteiger partial charge in [0.1, 0.15) is 10.7 Å². The molecule has 38 heavy (non-hydrogen) atoms. The fraction of sp³-hybridized carbons (Fsp3) is 0.240. The Morgan fingerprint density at radius 2 is 1.61 bits per heavy atom. The number of aryl methyl sites for hydroxylation is 1. The fourth-order valence-corrected chi connectivity index (χ4v) is 5.03. The Labute approximate surface area is 223 Å². The summed E-state index contributed by atoms with van der Waals surface area (Å²) in [4.78, 5) is 25.6. The number of rotatable bonds is 9. The molecule has 0 heterocycles. The highest BCUT2D eigenvalue weighted by atomic mass is 32.2. The number of hydrogen-bond donors (Lipinski definition) is 3. The SMILES string of the molecule is CCOC1=CC(=[N+]=[N-])C(OCC)C=C1Sc1ccc(C)cc1.O=C(O)c1cccc(C(=O)O)c1S(=O)(=O)O. The Bertz CT molecular complexity index is 1380. The van der Waals surface area contributed by atoms with Gasteiger partial charge in [-0.2, -0.15) is 13.2 Å². The fourth-order valence-electron chi connectivity index (χ4n) is 3.23. The largest absolute Gasteiger partial charge is 0.492 e. The van der Waals surface area contributed by atoms with Crippen LogP contribution in [0.3, 0.4) is 0 Å². The Hall–Kier alpha value is -3.74. The molecule has 1 aliphatic carbocycles. The standard InChI is InChI=1S/C17H20N2O2S.C8H6O7S/c1-4-20-15-11-17(16(21-5-2)10-14(15)19-18)22-13-8-6-12(3)7-9-13;9-7(10)4-2-1-3-5(8(11)12)6(4)16(13,14)15/h6-11,15H,4-5H2,1-3H3;1-3H,(H,9,10)(H,11,12)(H,13,14,15). The molecule has 0 bridgehead atoms. The molecule has 13 heteroatoms. The van der Waals surface area contributed by atoms with Crippen molar-refractivity contribution < 1.29 is 47.0 Å². The Morgan fingerprint density at radius 1 is 1.03 bits per heavy atom. The summed E-state index contributed by atoms with van der Waals surface area (Å²) in [5, 5.41) is 17.3. The van der Waals surface area contributed by atoms with Gasteiger partial charge in [0, 0.05) is 11.5 Å². The first-order chi connectivity index (χ1) is 17.9. The van der Waals surface area contributed by atoms with E-state index in [2.05, 4.69) is 36.0 Å². The van der Waals surface area contributed by atoms with Gasteiger partial charge in [-0.1, -0.05) is 35.5 Å². The summed E-state index contributed by atoms with van der Waals surface area (Å²) >= 11 is 1.61. The number of carboxylic acids is 2. The summed E-state index contributed by atoms with van der Waals surface area (Å²) in [6.07, 6.45) is 3.32. The maximum absolute atomic E-state index is 10.9. The molecule has 0 aliphatic heterocycles. The van der Waals surface area contributed by atoms with Crippen LogP contribution in [0.25, 0.3) is 5.53 Å². The monoisotopic (exact) mass is 562 g/mol. The number of benzene rings is 2. The van der Waals surface area contributed by atoms with Gasteiger partial charge >= 0.3 is 17.7 Å². The molecular formula is C25H26N2O9S2. The van der Waals surface area contributed by atoms with E-state index in [1.54, 1.807) is 17.8 Å². The molecule has 11 nitrogen and oxygen atoms in total. The van der Waals surface area contributed by atoms with E-state index in [-0.39, 0.29) is 6.10 Å². The molecule has 1 atom stereocenters. The maximum atomic E-state index is 10.9. The molecule has 0 radical (unpaired) electrons. The summed E-state index contributed by atoms with van der Waals surface area (Å²) in [6.45, 7) is 7.00. The van der Waals surface area contributed by atoms with Crippen LogP contribution in [0.2, 0.25) is 0 Å². The van der Waals surface area contributed by atoms with E-state index in [0.717, 1.165) is 28.0 Å². The zero-order valence-corrected chi connectivity index (χ0v) is 22.3. The molecule has 2 aromatic carbocycles. The van der Waals surface area contributed by atoms with Crippen LogP contribution in [0.1, 0.15) is 40.1 Å². The van der Waals surface area contributed by atoms with Gasteiger partial charge in [-0.15, -0.1) is 0 Å². The number of carboxylic acid groups (broad SMARTS) is 2. The third-order valence-corrected chi connectivity index (χ3v) is 6.88. The molecule has 1 aliphatic rings. The molecule has 0 saturated carbocycles. The number of carbonyl (C=O) groups is 2. The Kier molecular flexibility index (Phi) is 11.0. The molecule has 0 spiro atoms. The number of aromatic carboxylic acids is 2. The first kappa shape index (κ1) is 30.5. The van der Waals surface area contributed by atoms with E-state index in [4.69, 9.17) is 29.8 Å². The summed E-state index contributed by atoms with van der Waals surface area (Å²) in [5.41, 5.74) is 9.26. The van der Waals surface area contributed by atoms with Gasteiger partial charge in [-0.05, 0) is 51.1 Å². The first-order valence-corrected chi connectivity index (χ1v) is 13.4. The van der Waals surface area contributed by atoms with Gasteiger partial charge in [0.05, 0.1) is 28.7 Å². The van der Waals surface area contributed by atoms with Crippen LogP contribution in [0, 0.1) is 6.92 Å². The Morgan fingerprint density at radius 3 is 2.05 bits per heavy atom. The summed E-state index contributed by atoms with van der Waals surface area (Å²) in [7, 11) is -4.92. The van der Waals surface area contributed by atoms with Crippen LogP contribution < -0.4 is 0 Å². The second-order valence-corrected chi connectivity index (χ2v) is 10.0. The maximum Gasteiger partial charge on any atom is 0.337 e. The van der Waals surface area contributed by atoms with E-state index in [1.165, 1.54) is 5.56 Å². The number of thioether (sulfide) groups is 1. The van der Waals surface area contributed by atoms with Crippen LogP contribution in [-0.4, -0.2) is 64.9 Å². The minimum atomic E-state index is -4.92. The van der Waals surface area contributed by atoms with Gasteiger partial charge in [0.2, 0.25) is 0 Å². The van der Waals surface area contributed by atoms with E-state index in [1.807, 2.05) is 19.9 Å². The number of ether oxygens (including phenoxy) is 2. The van der Waals surface area contributed by atoms with Gasteiger partial charge in [0.15, 0.2) is 6.10 Å². The molecular weight excluding hydrogens is 536 g/mol. The molecule has 3 N–H and O–H groups in total. The third kappa shape index (κ3) is 8.13. The normalized spacial score (nSPS) is 14.8. The van der Waals surface area contributed by atoms with Crippen molar-refractivity contribution in [2.45, 2.75) is 36.7 Å². The molecule has 202 valence electrons. The molecule has 0 amide bonds. The van der Waals surface area contributed by atoms with Gasteiger partial charge < -0.3 is 25.2 Å². The van der Waals surface area contributed by atoms with Crippen LogP contribution >= 0.6 is 11.8 Å². The predicted molar refractivity (Wildman–Crippen MR) is 139 cm³/mol. The lowest BCUT2D eigenvalue weighted by molar-refractivity contribution is -0.0221. The second kappa shape index (κ2) is 13.7. The summed E-state index contributed by atoms with van der Waals surface area (Å²) in [6, 6.07) is 11.2. The lowest BCUT2D eigenvalue weighted by Crippen LogP contribution is -2.25. The highest BCUT2D eigenvalue weighted by molar-refractivity contribution is 8.03. The number of nitrogens with zero attached hydrogens (tertiary/aromatic N) is 2. The van der Waals surface area contributed by atoms with Gasteiger partial charge in [0.25, 0.3) is 10.1 Å². The highest BCUT2D eigenvalue weighted by Crippen LogP contribution is 2.35. The summed E-state index contributed by atoms with van der Waals surface area (Å²) in [5.74, 6) is -2.58. The quantitative estimate of drug-likeness (QED) is 0.226. The zero-order valence-electron chi connectivity index (χ0n) is 20.7. The number of hydrogen-bond acceptors (Lipinski definition) is 7. The van der Waals surface area contributed by atoms with Crippen LogP contribution in [0.4, 0.5) is 0 Å². The Balaban J connectivity index is 0.000000281. The smallest absolute Gasteiger partial charge is 0.337 e. The molecule has 2 aromatic rings. The van der Waals surface area contributed by atoms with Crippen LogP contribution in [-0.2, 0) is 19.6 Å². The van der Waals surface area contributed by atoms with Crippen molar-refractivity contribution in [3.8, 4) is 0 Å². The average Bonchev–Trinajstić information content (AvgIpc) is 2.86. The van der Waals surface area contributed by atoms with Gasteiger partial charge in [-0.3, -0.25) is 4.55 Å². The van der Waals surface area contributed by atoms with Crippen molar-refractivity contribution in [2.75, 3.05) is 13.2 Å². The third-order valence-electron chi connectivity index (χ3n) is 4.86. The summed E-state index contributed by atoms with van der Waals surface area (Å²) < 4.78 is 41.9. The van der Waals surface area contributed by atoms with E-state index in [0.29, 0.717) is 24.7 Å². The van der Waals surface area contributed by atoms with Crippen molar-refractivity contribution in [2.24, 2.45) is 0 Å². The van der Waals surface area contributed by atoms with Gasteiger partial charge in [-0.25, -0.2) is 9.59 Å². The lowest BCUT2D eigenvalue weighted by Gasteiger charge is -2.19. The van der Waals surface area contributed by atoms with Crippen molar-refractivity contribution in [1.29, 1.82) is 0 Å². The molecule has 1 unspecified atom stereocenters. The van der Waals surface area contributed by atoms with E-state index >= 15 is 0 Å². The van der Waals surface area contributed by atoms with Crippen LogP contribution in [0.15, 0.2) is 75.1 Å². The van der Waals surface area contributed by atoms with E-state index in [9.17, 15) is 18.0 Å². The van der Waals surface area contributed by atoms with Crippen molar-refractivity contribution >= 4 is 39.5 Å². The van der Waals surface area contributed by atoms with Crippen molar-refractivity contribution in [3.63, 3.8) is 0 Å². The molecule has 3 rings (SSSR count). The molecule has 0 aromatic heterocycles. The average molecular weight is 563 g/mol. The van der Waals surface area contributed by atoms with Crippen molar-refractivity contribution in [1.82, 2.24) is 0 Å². The minimum absolute atomic E-state index is 0.354. The second-order valence-electron chi connectivity index (χ2n) is 7.56. The van der Waals surface area contributed by atoms with E-state index < -0.39 is 38.1 Å². The molecule has 0 saturated heterocycles. The topological polar surface area (TPSA) is 184 Å². The lowest BCUT2D eigenvalue weighted by atomic mass is 10.1. The predicted octanol–water partition coefficient (Wildman–Crippen LogP) is 4.31. The first-order valence-electron chi connectivity index (χ1n) is 11.1. The van der Waals surface area contributed by atoms with Crippen LogP contribution in [0.5, 0.6) is 0 Å². The molecule has 0 fully saturated rings. The van der Waals surface area contributed by atoms with Crippen molar-refractivity contribution in [3.05, 3.63) is 87.5 Å². The minimum Gasteiger partial charge on any atom is -0.492 e. The highest BCUT2D eigenvalue weighted by Gasteiger charge is 2.29.